The van der Waals surface area contributed by atoms with Crippen LogP contribution in [-0.2, 0) is 11.3 Å². The van der Waals surface area contributed by atoms with Gasteiger partial charge in [-0.3, -0.25) is 4.90 Å². The van der Waals surface area contributed by atoms with E-state index in [0.717, 1.165) is 19.6 Å². The first-order valence-corrected chi connectivity index (χ1v) is 6.14. The summed E-state index contributed by atoms with van der Waals surface area (Å²) in [6.45, 7) is 12.2. The van der Waals surface area contributed by atoms with Gasteiger partial charge < -0.3 is 9.90 Å². The number of hydrogen-bond acceptors (Lipinski definition) is 3. The molecule has 0 saturated carbocycles. The van der Waals surface area contributed by atoms with Gasteiger partial charge in [0.25, 0.3) is 0 Å². The van der Waals surface area contributed by atoms with Gasteiger partial charge in [0.2, 0.25) is 0 Å². The standard InChI is InChI=1S/C11H17N.C4H6O2/c1-3-12(4-2)10-11-8-6-5-7-9-11;1-3(2)4(5)6/h5-9H,3-4,10H2,1-2H3;1H2,2H3,(H,5,6)/p-1. The Balaban J connectivity index is 0.000000411. The molecular weight excluding hydrogens is 226 g/mol. The number of nitrogens with zero attached hydrogens (tertiary/aromatic N) is 1. The minimum absolute atomic E-state index is 0.0648. The van der Waals surface area contributed by atoms with Crippen LogP contribution in [0.15, 0.2) is 42.5 Å². The smallest absolute Gasteiger partial charge is 0.0666 e. The predicted molar refractivity (Wildman–Crippen MR) is 72.9 cm³/mol. The summed E-state index contributed by atoms with van der Waals surface area (Å²) in [7, 11) is 0. The maximum Gasteiger partial charge on any atom is 0.0666 e. The molecule has 0 unspecified atom stereocenters. The normalized spacial score (nSPS) is 9.56. The van der Waals surface area contributed by atoms with Gasteiger partial charge in [-0.15, -0.1) is 0 Å². The highest BCUT2D eigenvalue weighted by Crippen LogP contribution is 2.02. The van der Waals surface area contributed by atoms with E-state index < -0.39 is 5.97 Å². The molecule has 0 aromatic heterocycles. The molecule has 0 bridgehead atoms. The summed E-state index contributed by atoms with van der Waals surface area (Å²) in [5, 5.41) is 9.49. The number of rotatable bonds is 5. The molecule has 0 spiro atoms. The van der Waals surface area contributed by atoms with Gasteiger partial charge >= 0.3 is 0 Å². The Morgan fingerprint density at radius 1 is 1.22 bits per heavy atom. The second-order valence-electron chi connectivity index (χ2n) is 4.01. The van der Waals surface area contributed by atoms with Crippen LogP contribution < -0.4 is 5.11 Å². The SMILES string of the molecule is C=C(C)C(=O)[O-].CCN(CC)Cc1ccccc1. The molecule has 0 aliphatic heterocycles. The third-order valence-electron chi connectivity index (χ3n) is 2.49. The van der Waals surface area contributed by atoms with E-state index >= 15 is 0 Å². The number of hydrogen-bond donors (Lipinski definition) is 0. The van der Waals surface area contributed by atoms with Crippen LogP contribution in [0.4, 0.5) is 0 Å². The highest BCUT2D eigenvalue weighted by atomic mass is 16.4. The molecule has 0 radical (unpaired) electrons. The van der Waals surface area contributed by atoms with Gasteiger partial charge in [-0.05, 0) is 31.1 Å². The molecule has 1 aromatic rings. The van der Waals surface area contributed by atoms with Crippen molar-refractivity contribution in [1.82, 2.24) is 4.90 Å². The van der Waals surface area contributed by atoms with Crippen molar-refractivity contribution in [3.63, 3.8) is 0 Å². The Kier molecular flexibility index (Phi) is 8.58. The molecule has 0 atom stereocenters. The van der Waals surface area contributed by atoms with Gasteiger partial charge in [-0.1, -0.05) is 50.8 Å². The van der Waals surface area contributed by atoms with E-state index in [9.17, 15) is 9.90 Å². The lowest BCUT2D eigenvalue weighted by Crippen LogP contribution is -2.22. The minimum Gasteiger partial charge on any atom is -0.545 e. The van der Waals surface area contributed by atoms with Crippen molar-refractivity contribution < 1.29 is 9.90 Å². The van der Waals surface area contributed by atoms with Gasteiger partial charge in [0.1, 0.15) is 0 Å². The lowest BCUT2D eigenvalue weighted by Gasteiger charge is -2.17. The fourth-order valence-electron chi connectivity index (χ4n) is 1.29. The second-order valence-corrected chi connectivity index (χ2v) is 4.01. The summed E-state index contributed by atoms with van der Waals surface area (Å²) in [5.41, 5.74) is 1.47. The first-order chi connectivity index (χ1) is 8.51. The predicted octanol–water partition coefficient (Wildman–Crippen LogP) is 1.84. The number of aliphatic carboxylic acids is 1. The fraction of sp³-hybridized carbons (Fsp3) is 0.400. The van der Waals surface area contributed by atoms with Crippen LogP contribution in [-0.4, -0.2) is 24.0 Å². The molecule has 100 valence electrons. The van der Waals surface area contributed by atoms with Crippen molar-refractivity contribution in [2.75, 3.05) is 13.1 Å². The topological polar surface area (TPSA) is 43.4 Å². The van der Waals surface area contributed by atoms with E-state index in [2.05, 4.69) is 55.7 Å². The van der Waals surface area contributed by atoms with E-state index in [1.54, 1.807) is 0 Å². The Labute approximate surface area is 110 Å². The van der Waals surface area contributed by atoms with E-state index in [1.165, 1.54) is 12.5 Å². The average molecular weight is 248 g/mol. The summed E-state index contributed by atoms with van der Waals surface area (Å²) >= 11 is 0. The molecule has 0 amide bonds. The van der Waals surface area contributed by atoms with Crippen LogP contribution in [0.2, 0.25) is 0 Å². The summed E-state index contributed by atoms with van der Waals surface area (Å²) in [6.07, 6.45) is 0. The average Bonchev–Trinajstić information content (AvgIpc) is 2.37. The summed E-state index contributed by atoms with van der Waals surface area (Å²) in [5.74, 6) is -1.19. The molecule has 0 heterocycles. The molecule has 1 aromatic carbocycles. The number of carboxylic acid groups (broad SMARTS) is 1. The number of carboxylic acids is 1. The molecule has 3 nitrogen and oxygen atoms in total. The maximum atomic E-state index is 9.49. The number of carbonyl (C=O) groups excluding carboxylic acids is 1. The Hall–Kier alpha value is -1.61. The second kappa shape index (κ2) is 9.42. The lowest BCUT2D eigenvalue weighted by molar-refractivity contribution is -0.299. The molecule has 0 aliphatic carbocycles. The molecular formula is C15H22NO2-. The molecule has 18 heavy (non-hydrogen) atoms. The fourth-order valence-corrected chi connectivity index (χ4v) is 1.29. The zero-order valence-electron chi connectivity index (χ0n) is 11.5. The summed E-state index contributed by atoms with van der Waals surface area (Å²) < 4.78 is 0. The lowest BCUT2D eigenvalue weighted by atomic mass is 10.2. The highest BCUT2D eigenvalue weighted by molar-refractivity contribution is 5.82. The quantitative estimate of drug-likeness (QED) is 0.747. The van der Waals surface area contributed by atoms with Crippen LogP contribution in [0.1, 0.15) is 26.3 Å². The third-order valence-corrected chi connectivity index (χ3v) is 2.49. The van der Waals surface area contributed by atoms with Crippen molar-refractivity contribution in [3.8, 4) is 0 Å². The highest BCUT2D eigenvalue weighted by Gasteiger charge is 1.98. The minimum atomic E-state index is -1.19. The van der Waals surface area contributed by atoms with E-state index in [4.69, 9.17) is 0 Å². The van der Waals surface area contributed by atoms with Crippen molar-refractivity contribution in [3.05, 3.63) is 48.0 Å². The monoisotopic (exact) mass is 248 g/mol. The van der Waals surface area contributed by atoms with Gasteiger partial charge in [0, 0.05) is 6.54 Å². The Morgan fingerprint density at radius 3 is 2.00 bits per heavy atom. The molecule has 0 fully saturated rings. The van der Waals surface area contributed by atoms with E-state index in [-0.39, 0.29) is 5.57 Å². The third kappa shape index (κ3) is 7.63. The van der Waals surface area contributed by atoms with Gasteiger partial charge in [0.15, 0.2) is 0 Å². The summed E-state index contributed by atoms with van der Waals surface area (Å²) in [6, 6.07) is 10.6. The van der Waals surface area contributed by atoms with E-state index in [0.29, 0.717) is 0 Å². The van der Waals surface area contributed by atoms with Crippen molar-refractivity contribution >= 4 is 5.97 Å². The number of benzene rings is 1. The van der Waals surface area contributed by atoms with Gasteiger partial charge in [-0.2, -0.15) is 0 Å². The van der Waals surface area contributed by atoms with Gasteiger partial charge in [0.05, 0.1) is 5.97 Å². The van der Waals surface area contributed by atoms with Crippen molar-refractivity contribution in [2.45, 2.75) is 27.3 Å². The van der Waals surface area contributed by atoms with Crippen LogP contribution in [0.5, 0.6) is 0 Å². The zero-order chi connectivity index (χ0) is 14.0. The van der Waals surface area contributed by atoms with Crippen LogP contribution in [0.3, 0.4) is 0 Å². The van der Waals surface area contributed by atoms with Gasteiger partial charge in [-0.25, -0.2) is 0 Å². The van der Waals surface area contributed by atoms with Crippen molar-refractivity contribution in [2.24, 2.45) is 0 Å². The molecule has 0 N–H and O–H groups in total. The van der Waals surface area contributed by atoms with Crippen molar-refractivity contribution in [1.29, 1.82) is 0 Å². The van der Waals surface area contributed by atoms with E-state index in [1.807, 2.05) is 0 Å². The molecule has 3 heteroatoms. The number of carbonyl (C=O) groups is 1. The van der Waals surface area contributed by atoms with Crippen LogP contribution in [0.25, 0.3) is 0 Å². The first kappa shape index (κ1) is 16.4. The largest absolute Gasteiger partial charge is 0.545 e. The maximum absolute atomic E-state index is 9.49. The molecule has 0 aliphatic rings. The summed E-state index contributed by atoms with van der Waals surface area (Å²) in [4.78, 5) is 11.9. The zero-order valence-corrected chi connectivity index (χ0v) is 11.5. The first-order valence-electron chi connectivity index (χ1n) is 6.14. The molecule has 0 saturated heterocycles. The Bertz CT molecular complexity index is 344. The van der Waals surface area contributed by atoms with Crippen LogP contribution in [0, 0.1) is 0 Å². The molecule has 1 rings (SSSR count). The Morgan fingerprint density at radius 2 is 1.67 bits per heavy atom. The van der Waals surface area contributed by atoms with Crippen LogP contribution >= 0.6 is 0 Å².